The molecule has 41 heavy (non-hydrogen) atoms. The third-order valence-electron chi connectivity index (χ3n) is 7.34. The summed E-state index contributed by atoms with van der Waals surface area (Å²) in [6, 6.07) is 32.0. The van der Waals surface area contributed by atoms with E-state index in [2.05, 4.69) is 6.08 Å². The lowest BCUT2D eigenvalue weighted by molar-refractivity contribution is -0.135. The Kier molecular flexibility index (Phi) is 8.08. The summed E-state index contributed by atoms with van der Waals surface area (Å²) in [6.45, 7) is -0.136. The van der Waals surface area contributed by atoms with E-state index in [0.717, 1.165) is 47.4 Å². The van der Waals surface area contributed by atoms with Crippen LogP contribution in [0.3, 0.4) is 0 Å². The highest BCUT2D eigenvalue weighted by Crippen LogP contribution is 2.44. The molecule has 1 amide bonds. The number of carbonyl (C=O) groups excluding carboxylic acids is 1. The van der Waals surface area contributed by atoms with Crippen molar-refractivity contribution in [2.75, 3.05) is 6.61 Å². The Hall–Kier alpha value is -4.06. The SMILES string of the molecule is O=C(COc1ccc(Oc2ccccc2)cc1)N1N=C2C(=Cc3ccc(Cl)cc3)CCCC2C1c1ccc(Cl)cc1. The maximum absolute atomic E-state index is 13.6. The van der Waals surface area contributed by atoms with Gasteiger partial charge in [0.15, 0.2) is 6.61 Å². The first-order chi connectivity index (χ1) is 20.0. The van der Waals surface area contributed by atoms with Crippen LogP contribution < -0.4 is 9.47 Å². The number of hydrogen-bond donors (Lipinski definition) is 0. The van der Waals surface area contributed by atoms with E-state index in [1.165, 1.54) is 0 Å². The minimum absolute atomic E-state index is 0.0850. The van der Waals surface area contributed by atoms with Gasteiger partial charge in [0.2, 0.25) is 0 Å². The van der Waals surface area contributed by atoms with E-state index < -0.39 is 0 Å². The normalized spacial score (nSPS) is 19.0. The quantitative estimate of drug-likeness (QED) is 0.218. The summed E-state index contributed by atoms with van der Waals surface area (Å²) in [7, 11) is 0. The number of rotatable bonds is 7. The van der Waals surface area contributed by atoms with Gasteiger partial charge in [-0.05, 0) is 103 Å². The van der Waals surface area contributed by atoms with Gasteiger partial charge in [-0.15, -0.1) is 0 Å². The molecule has 5 nitrogen and oxygen atoms in total. The molecule has 0 radical (unpaired) electrons. The predicted molar refractivity (Wildman–Crippen MR) is 164 cm³/mol. The summed E-state index contributed by atoms with van der Waals surface area (Å²) < 4.78 is 11.8. The van der Waals surface area contributed by atoms with Gasteiger partial charge < -0.3 is 9.47 Å². The molecule has 1 saturated carbocycles. The van der Waals surface area contributed by atoms with Crippen molar-refractivity contribution >= 4 is 40.9 Å². The molecule has 2 atom stereocenters. The Labute approximate surface area is 249 Å². The van der Waals surface area contributed by atoms with Gasteiger partial charge in [0.1, 0.15) is 17.2 Å². The molecule has 1 aliphatic carbocycles. The van der Waals surface area contributed by atoms with Crippen LogP contribution in [0.2, 0.25) is 10.0 Å². The van der Waals surface area contributed by atoms with E-state index in [9.17, 15) is 4.79 Å². The first kappa shape index (κ1) is 27.1. The molecule has 4 aromatic carbocycles. The lowest BCUT2D eigenvalue weighted by Crippen LogP contribution is -2.34. The third kappa shape index (κ3) is 6.32. The fraction of sp³-hybridized carbons (Fsp3) is 0.176. The number of benzene rings is 4. The Bertz CT molecular complexity index is 1570. The van der Waals surface area contributed by atoms with Crippen LogP contribution in [0.5, 0.6) is 17.2 Å². The molecule has 1 fully saturated rings. The van der Waals surface area contributed by atoms with E-state index in [0.29, 0.717) is 21.5 Å². The van der Waals surface area contributed by atoms with Crippen molar-refractivity contribution in [3.63, 3.8) is 0 Å². The van der Waals surface area contributed by atoms with Gasteiger partial charge in [-0.3, -0.25) is 4.79 Å². The maximum Gasteiger partial charge on any atom is 0.281 e. The van der Waals surface area contributed by atoms with Gasteiger partial charge in [-0.25, -0.2) is 5.01 Å². The van der Waals surface area contributed by atoms with Crippen LogP contribution in [-0.2, 0) is 4.79 Å². The first-order valence-corrected chi connectivity index (χ1v) is 14.4. The molecule has 2 aliphatic rings. The zero-order valence-corrected chi connectivity index (χ0v) is 23.8. The Balaban J connectivity index is 1.22. The van der Waals surface area contributed by atoms with Gasteiger partial charge in [0.05, 0.1) is 11.8 Å². The van der Waals surface area contributed by atoms with Crippen LogP contribution in [0, 0.1) is 5.92 Å². The average Bonchev–Trinajstić information content (AvgIpc) is 3.40. The van der Waals surface area contributed by atoms with Gasteiger partial charge >= 0.3 is 0 Å². The molecule has 206 valence electrons. The zero-order valence-electron chi connectivity index (χ0n) is 22.3. The standard InChI is InChI=1S/C34H28Cl2N2O3/c35-26-13-9-23(10-14-26)21-25-5-4-8-31-33(25)37-38(34(31)24-11-15-27(36)16-12-24)32(39)22-40-28-17-19-30(20-18-28)41-29-6-2-1-3-7-29/h1-3,6-7,9-21,31,34H,4-5,8,22H2. The molecular formula is C34H28Cl2N2O3. The number of amides is 1. The maximum atomic E-state index is 13.6. The second-order valence-electron chi connectivity index (χ2n) is 10.1. The molecule has 0 spiro atoms. The minimum Gasteiger partial charge on any atom is -0.484 e. The smallest absolute Gasteiger partial charge is 0.281 e. The van der Waals surface area contributed by atoms with Crippen LogP contribution in [-0.4, -0.2) is 23.2 Å². The van der Waals surface area contributed by atoms with Crippen molar-refractivity contribution in [2.45, 2.75) is 25.3 Å². The number of hydrogen-bond acceptors (Lipinski definition) is 4. The largest absolute Gasteiger partial charge is 0.484 e. The number of carbonyl (C=O) groups is 1. The van der Waals surface area contributed by atoms with Crippen LogP contribution >= 0.6 is 23.2 Å². The summed E-state index contributed by atoms with van der Waals surface area (Å²) in [5.74, 6) is 1.90. The number of nitrogens with zero attached hydrogens (tertiary/aromatic N) is 2. The first-order valence-electron chi connectivity index (χ1n) is 13.6. The van der Waals surface area contributed by atoms with Crippen molar-refractivity contribution < 1.29 is 14.3 Å². The Morgan fingerprint density at radius 2 is 1.46 bits per heavy atom. The monoisotopic (exact) mass is 582 g/mol. The van der Waals surface area contributed by atoms with Gasteiger partial charge in [0.25, 0.3) is 5.91 Å². The summed E-state index contributed by atoms with van der Waals surface area (Å²) >= 11 is 12.3. The summed E-state index contributed by atoms with van der Waals surface area (Å²) in [6.07, 6.45) is 5.02. The lowest BCUT2D eigenvalue weighted by atomic mass is 9.77. The van der Waals surface area contributed by atoms with Gasteiger partial charge in [-0.2, -0.15) is 5.10 Å². The summed E-state index contributed by atoms with van der Waals surface area (Å²) in [5, 5.41) is 7.89. The number of para-hydroxylation sites is 1. The van der Waals surface area contributed by atoms with Crippen molar-refractivity contribution in [3.8, 4) is 17.2 Å². The highest BCUT2D eigenvalue weighted by atomic mass is 35.5. The Morgan fingerprint density at radius 1 is 0.829 bits per heavy atom. The van der Waals surface area contributed by atoms with Crippen molar-refractivity contribution in [3.05, 3.63) is 130 Å². The molecule has 7 heteroatoms. The van der Waals surface area contributed by atoms with Gasteiger partial charge in [-0.1, -0.05) is 65.7 Å². The highest BCUT2D eigenvalue weighted by molar-refractivity contribution is 6.30. The molecule has 0 saturated heterocycles. The van der Waals surface area contributed by atoms with Crippen LogP contribution in [0.1, 0.15) is 36.4 Å². The third-order valence-corrected chi connectivity index (χ3v) is 7.85. The van der Waals surface area contributed by atoms with Crippen LogP contribution in [0.15, 0.2) is 114 Å². The fourth-order valence-corrected chi connectivity index (χ4v) is 5.65. The molecule has 0 bridgehead atoms. The molecule has 0 N–H and O–H groups in total. The number of halogens is 2. The molecule has 1 heterocycles. The second kappa shape index (κ2) is 12.2. The van der Waals surface area contributed by atoms with Crippen molar-refractivity contribution in [1.82, 2.24) is 5.01 Å². The molecular weight excluding hydrogens is 555 g/mol. The van der Waals surface area contributed by atoms with Gasteiger partial charge in [0, 0.05) is 16.0 Å². The average molecular weight is 584 g/mol. The summed E-state index contributed by atoms with van der Waals surface area (Å²) in [4.78, 5) is 13.6. The highest BCUT2D eigenvalue weighted by Gasteiger charge is 2.43. The molecule has 6 rings (SSSR count). The zero-order chi connectivity index (χ0) is 28.2. The van der Waals surface area contributed by atoms with E-state index in [4.69, 9.17) is 37.8 Å². The van der Waals surface area contributed by atoms with Crippen molar-refractivity contribution in [1.29, 1.82) is 0 Å². The van der Waals surface area contributed by atoms with E-state index in [1.807, 2.05) is 91.0 Å². The minimum atomic E-state index is -0.228. The van der Waals surface area contributed by atoms with Crippen molar-refractivity contribution in [2.24, 2.45) is 11.0 Å². The summed E-state index contributed by atoms with van der Waals surface area (Å²) in [5.41, 5.74) is 4.17. The molecule has 2 unspecified atom stereocenters. The number of allylic oxidation sites excluding steroid dienone is 1. The Morgan fingerprint density at radius 3 is 2.17 bits per heavy atom. The number of ether oxygens (including phenoxy) is 2. The van der Waals surface area contributed by atoms with E-state index >= 15 is 0 Å². The second-order valence-corrected chi connectivity index (χ2v) is 11.0. The lowest BCUT2D eigenvalue weighted by Gasteiger charge is -2.29. The number of hydrazone groups is 1. The van der Waals surface area contributed by atoms with E-state index in [-0.39, 0.29) is 24.5 Å². The molecule has 0 aromatic heterocycles. The van der Waals surface area contributed by atoms with Crippen LogP contribution in [0.4, 0.5) is 0 Å². The van der Waals surface area contributed by atoms with Crippen LogP contribution in [0.25, 0.3) is 6.08 Å². The van der Waals surface area contributed by atoms with E-state index in [1.54, 1.807) is 17.1 Å². The number of fused-ring (bicyclic) bond motifs is 1. The molecule has 1 aliphatic heterocycles. The molecule has 4 aromatic rings. The fourth-order valence-electron chi connectivity index (χ4n) is 5.40. The predicted octanol–water partition coefficient (Wildman–Crippen LogP) is 8.99. The topological polar surface area (TPSA) is 51.1 Å².